The molecule has 1 atom stereocenters. The van der Waals surface area contributed by atoms with Crippen LogP contribution in [0.4, 0.5) is 5.82 Å². The number of hydrogen-bond acceptors (Lipinski definition) is 3. The first-order chi connectivity index (χ1) is 9.38. The predicted octanol–water partition coefficient (Wildman–Crippen LogP) is 3.44. The molecular formula is C16H15N3. The Morgan fingerprint density at radius 2 is 2.11 bits per heavy atom. The van der Waals surface area contributed by atoms with Gasteiger partial charge in [-0.05, 0) is 42.5 Å². The zero-order chi connectivity index (χ0) is 13.1. The highest BCUT2D eigenvalue weighted by molar-refractivity contribution is 5.53. The summed E-state index contributed by atoms with van der Waals surface area (Å²) in [6.45, 7) is 0. The molecule has 1 aromatic heterocycles. The molecule has 1 heterocycles. The average molecular weight is 249 g/mol. The second-order valence-corrected chi connectivity index (χ2v) is 4.80. The van der Waals surface area contributed by atoms with E-state index in [1.54, 1.807) is 18.3 Å². The molecule has 0 amide bonds. The third-order valence-corrected chi connectivity index (χ3v) is 3.61. The van der Waals surface area contributed by atoms with Crippen molar-refractivity contribution in [2.45, 2.75) is 25.3 Å². The first-order valence-corrected chi connectivity index (χ1v) is 6.58. The average Bonchev–Trinajstić information content (AvgIpc) is 2.48. The lowest BCUT2D eigenvalue weighted by molar-refractivity contribution is 0.598. The molecule has 0 spiro atoms. The van der Waals surface area contributed by atoms with E-state index in [9.17, 15) is 0 Å². The Kier molecular flexibility index (Phi) is 3.16. The van der Waals surface area contributed by atoms with Crippen LogP contribution in [0.5, 0.6) is 0 Å². The summed E-state index contributed by atoms with van der Waals surface area (Å²) in [6, 6.07) is 14.5. The fourth-order valence-electron chi connectivity index (χ4n) is 2.68. The van der Waals surface area contributed by atoms with Crippen molar-refractivity contribution in [3.8, 4) is 6.07 Å². The smallest absolute Gasteiger partial charge is 0.144 e. The standard InChI is InChI=1S/C16H15N3/c17-11-13-7-4-10-18-16(13)19-15-9-3-6-12-5-1-2-8-14(12)15/h1-2,4-5,7-8,10,15H,3,6,9H2,(H,18,19). The van der Waals surface area contributed by atoms with E-state index < -0.39 is 0 Å². The number of aryl methyl sites for hydroxylation is 1. The Bertz CT molecular complexity index is 628. The number of pyridine rings is 1. The molecule has 19 heavy (non-hydrogen) atoms. The van der Waals surface area contributed by atoms with Crippen molar-refractivity contribution in [1.82, 2.24) is 4.98 Å². The number of anilines is 1. The minimum absolute atomic E-state index is 0.256. The van der Waals surface area contributed by atoms with Gasteiger partial charge in [0.25, 0.3) is 0 Å². The van der Waals surface area contributed by atoms with Crippen molar-refractivity contribution in [1.29, 1.82) is 5.26 Å². The van der Waals surface area contributed by atoms with Gasteiger partial charge in [-0.1, -0.05) is 24.3 Å². The van der Waals surface area contributed by atoms with Crippen LogP contribution in [0.3, 0.4) is 0 Å². The molecule has 1 aliphatic rings. The number of hydrogen-bond donors (Lipinski definition) is 1. The summed E-state index contributed by atoms with van der Waals surface area (Å²) >= 11 is 0. The van der Waals surface area contributed by atoms with Gasteiger partial charge in [0.05, 0.1) is 11.6 Å². The SMILES string of the molecule is N#Cc1cccnc1NC1CCCc2ccccc21. The largest absolute Gasteiger partial charge is 0.362 e. The van der Waals surface area contributed by atoms with Crippen LogP contribution >= 0.6 is 0 Å². The van der Waals surface area contributed by atoms with Crippen molar-refractivity contribution < 1.29 is 0 Å². The molecular weight excluding hydrogens is 234 g/mol. The third kappa shape index (κ3) is 2.30. The van der Waals surface area contributed by atoms with Gasteiger partial charge < -0.3 is 5.32 Å². The quantitative estimate of drug-likeness (QED) is 0.886. The van der Waals surface area contributed by atoms with Crippen LogP contribution in [-0.2, 0) is 6.42 Å². The molecule has 0 saturated carbocycles. The first kappa shape index (κ1) is 11.7. The van der Waals surface area contributed by atoms with Gasteiger partial charge in [0, 0.05) is 6.20 Å². The van der Waals surface area contributed by atoms with Crippen LogP contribution in [0.25, 0.3) is 0 Å². The number of rotatable bonds is 2. The van der Waals surface area contributed by atoms with Gasteiger partial charge in [-0.15, -0.1) is 0 Å². The van der Waals surface area contributed by atoms with E-state index >= 15 is 0 Å². The summed E-state index contributed by atoms with van der Waals surface area (Å²) in [5, 5.41) is 12.5. The van der Waals surface area contributed by atoms with E-state index in [1.807, 2.05) is 0 Å². The molecule has 0 bridgehead atoms. The molecule has 3 nitrogen and oxygen atoms in total. The normalized spacial score (nSPS) is 17.3. The molecule has 3 rings (SSSR count). The first-order valence-electron chi connectivity index (χ1n) is 6.58. The molecule has 1 unspecified atom stereocenters. The maximum Gasteiger partial charge on any atom is 0.144 e. The summed E-state index contributed by atoms with van der Waals surface area (Å²) in [5.74, 6) is 0.687. The Hall–Kier alpha value is -2.34. The van der Waals surface area contributed by atoms with Crippen molar-refractivity contribution in [2.24, 2.45) is 0 Å². The summed E-state index contributed by atoms with van der Waals surface area (Å²) in [6.07, 6.45) is 5.11. The Morgan fingerprint density at radius 1 is 1.21 bits per heavy atom. The number of nitrogens with zero attached hydrogens (tertiary/aromatic N) is 2. The van der Waals surface area contributed by atoms with E-state index in [-0.39, 0.29) is 6.04 Å². The van der Waals surface area contributed by atoms with E-state index in [1.165, 1.54) is 17.5 Å². The van der Waals surface area contributed by atoms with Crippen molar-refractivity contribution in [3.05, 3.63) is 59.3 Å². The summed E-state index contributed by atoms with van der Waals surface area (Å²) in [7, 11) is 0. The Morgan fingerprint density at radius 3 is 3.00 bits per heavy atom. The number of nitrogens with one attached hydrogen (secondary N) is 1. The molecule has 0 aliphatic heterocycles. The van der Waals surface area contributed by atoms with E-state index in [2.05, 4.69) is 40.6 Å². The van der Waals surface area contributed by atoms with Crippen molar-refractivity contribution in [3.63, 3.8) is 0 Å². The zero-order valence-corrected chi connectivity index (χ0v) is 10.6. The number of fused-ring (bicyclic) bond motifs is 1. The fourth-order valence-corrected chi connectivity index (χ4v) is 2.68. The molecule has 1 aromatic carbocycles. The van der Waals surface area contributed by atoms with E-state index in [0.29, 0.717) is 11.4 Å². The minimum Gasteiger partial charge on any atom is -0.362 e. The topological polar surface area (TPSA) is 48.7 Å². The highest BCUT2D eigenvalue weighted by atomic mass is 15.0. The van der Waals surface area contributed by atoms with Gasteiger partial charge in [-0.2, -0.15) is 5.26 Å². The highest BCUT2D eigenvalue weighted by Crippen LogP contribution is 2.32. The third-order valence-electron chi connectivity index (χ3n) is 3.61. The Balaban J connectivity index is 1.91. The summed E-state index contributed by atoms with van der Waals surface area (Å²) < 4.78 is 0. The van der Waals surface area contributed by atoms with Gasteiger partial charge in [-0.3, -0.25) is 0 Å². The van der Waals surface area contributed by atoms with Crippen molar-refractivity contribution >= 4 is 5.82 Å². The molecule has 1 N–H and O–H groups in total. The van der Waals surface area contributed by atoms with Gasteiger partial charge in [0.2, 0.25) is 0 Å². The van der Waals surface area contributed by atoms with Gasteiger partial charge in [0.1, 0.15) is 11.9 Å². The number of benzene rings is 1. The predicted molar refractivity (Wildman–Crippen MR) is 74.7 cm³/mol. The van der Waals surface area contributed by atoms with Gasteiger partial charge >= 0.3 is 0 Å². The molecule has 3 heteroatoms. The molecule has 94 valence electrons. The highest BCUT2D eigenvalue weighted by Gasteiger charge is 2.20. The van der Waals surface area contributed by atoms with Crippen LogP contribution < -0.4 is 5.32 Å². The monoisotopic (exact) mass is 249 g/mol. The Labute approximate surface area is 112 Å². The second-order valence-electron chi connectivity index (χ2n) is 4.80. The maximum absolute atomic E-state index is 9.11. The van der Waals surface area contributed by atoms with Crippen LogP contribution in [-0.4, -0.2) is 4.98 Å². The molecule has 2 aromatic rings. The maximum atomic E-state index is 9.11. The zero-order valence-electron chi connectivity index (χ0n) is 10.6. The van der Waals surface area contributed by atoms with E-state index in [4.69, 9.17) is 5.26 Å². The minimum atomic E-state index is 0.256. The van der Waals surface area contributed by atoms with Gasteiger partial charge in [0.15, 0.2) is 0 Å². The second kappa shape index (κ2) is 5.11. The van der Waals surface area contributed by atoms with E-state index in [0.717, 1.165) is 12.8 Å². The summed E-state index contributed by atoms with van der Waals surface area (Å²) in [4.78, 5) is 4.28. The number of nitriles is 1. The summed E-state index contributed by atoms with van der Waals surface area (Å²) in [5.41, 5.74) is 3.34. The van der Waals surface area contributed by atoms with Crippen molar-refractivity contribution in [2.75, 3.05) is 5.32 Å². The fraction of sp³-hybridized carbons (Fsp3) is 0.250. The van der Waals surface area contributed by atoms with Crippen LogP contribution in [0.15, 0.2) is 42.6 Å². The lowest BCUT2D eigenvalue weighted by Crippen LogP contribution is -2.18. The molecule has 1 aliphatic carbocycles. The molecule has 0 fully saturated rings. The van der Waals surface area contributed by atoms with Gasteiger partial charge in [-0.25, -0.2) is 4.98 Å². The van der Waals surface area contributed by atoms with Crippen LogP contribution in [0.1, 0.15) is 35.6 Å². The van der Waals surface area contributed by atoms with Crippen LogP contribution in [0.2, 0.25) is 0 Å². The lowest BCUT2D eigenvalue weighted by Gasteiger charge is -2.27. The molecule has 0 radical (unpaired) electrons. The van der Waals surface area contributed by atoms with Crippen LogP contribution in [0, 0.1) is 11.3 Å². The lowest BCUT2D eigenvalue weighted by atomic mass is 9.87. The number of aromatic nitrogens is 1. The molecule has 0 saturated heterocycles.